The Labute approximate surface area is 181 Å². The van der Waals surface area contributed by atoms with Gasteiger partial charge in [0.15, 0.2) is 11.2 Å². The smallest absolute Gasteiger partial charge is 0.295 e. The maximum Gasteiger partial charge on any atom is 0.295 e. The summed E-state index contributed by atoms with van der Waals surface area (Å²) in [6, 6.07) is 15.3. The summed E-state index contributed by atoms with van der Waals surface area (Å²) in [5, 5.41) is 9.74. The molecule has 0 radical (unpaired) electrons. The van der Waals surface area contributed by atoms with Crippen molar-refractivity contribution in [1.82, 2.24) is 0 Å². The maximum absolute atomic E-state index is 13.8. The molecule has 2 heterocycles. The number of Topliss-reactive ketones (excluding diaryl/α,β-unsaturated/α-hetero) is 1. The van der Waals surface area contributed by atoms with E-state index in [1.54, 1.807) is 36.4 Å². The highest BCUT2D eigenvalue weighted by Gasteiger charge is 2.43. The number of ketones is 1. The van der Waals surface area contributed by atoms with Crippen molar-refractivity contribution in [1.29, 1.82) is 0 Å². The summed E-state index contributed by atoms with van der Waals surface area (Å²) in [6.45, 7) is 1.44. The van der Waals surface area contributed by atoms with Gasteiger partial charge in [-0.05, 0) is 67.1 Å². The summed E-state index contributed by atoms with van der Waals surface area (Å²) >= 11 is 0. The Morgan fingerprint density at radius 2 is 1.69 bits per heavy atom. The van der Waals surface area contributed by atoms with Crippen molar-refractivity contribution in [3.63, 3.8) is 0 Å². The van der Waals surface area contributed by atoms with E-state index < -0.39 is 23.2 Å². The number of benzene rings is 3. The van der Waals surface area contributed by atoms with Gasteiger partial charge in [-0.3, -0.25) is 19.3 Å². The van der Waals surface area contributed by atoms with Crippen molar-refractivity contribution < 1.29 is 23.5 Å². The number of rotatable bonds is 3. The molecule has 0 bridgehead atoms. The molecule has 0 saturated carbocycles. The summed E-state index contributed by atoms with van der Waals surface area (Å²) < 4.78 is 19.6. The standard InChI is InChI=1S/C25H16FNO5/c1-13(28)14-2-7-17(8-3-14)27-22(15-4-9-18(29)10-5-15)21-23(30)19-12-16(26)6-11-20(19)32-24(21)25(27)31/h2-12,22,29H,1H3. The Balaban J connectivity index is 1.77. The number of hydrogen-bond donors (Lipinski definition) is 1. The molecule has 0 fully saturated rings. The number of aromatic hydroxyl groups is 1. The number of nitrogens with zero attached hydrogens (tertiary/aromatic N) is 1. The number of phenols is 1. The molecule has 7 heteroatoms. The van der Waals surface area contributed by atoms with Crippen LogP contribution in [0.25, 0.3) is 11.0 Å². The minimum absolute atomic E-state index is 0.0308. The van der Waals surface area contributed by atoms with Crippen LogP contribution in [-0.2, 0) is 0 Å². The van der Waals surface area contributed by atoms with Gasteiger partial charge in [0.2, 0.25) is 5.76 Å². The van der Waals surface area contributed by atoms with E-state index in [-0.39, 0.29) is 33.8 Å². The Hall–Kier alpha value is -4.26. The molecule has 1 unspecified atom stereocenters. The predicted octanol–water partition coefficient (Wildman–Crippen LogP) is 4.59. The normalized spacial score (nSPS) is 15.2. The molecule has 1 aliphatic heterocycles. The van der Waals surface area contributed by atoms with Gasteiger partial charge in [0.25, 0.3) is 5.91 Å². The van der Waals surface area contributed by atoms with E-state index in [9.17, 15) is 23.9 Å². The largest absolute Gasteiger partial charge is 0.508 e. The van der Waals surface area contributed by atoms with Gasteiger partial charge >= 0.3 is 0 Å². The van der Waals surface area contributed by atoms with E-state index in [0.29, 0.717) is 16.8 Å². The third-order valence-corrected chi connectivity index (χ3v) is 5.59. The molecule has 1 N–H and O–H groups in total. The highest BCUT2D eigenvalue weighted by atomic mass is 19.1. The number of hydrogen-bond acceptors (Lipinski definition) is 5. The van der Waals surface area contributed by atoms with E-state index in [1.165, 1.54) is 30.0 Å². The van der Waals surface area contributed by atoms with Crippen molar-refractivity contribution in [2.45, 2.75) is 13.0 Å². The minimum Gasteiger partial charge on any atom is -0.508 e. The van der Waals surface area contributed by atoms with Crippen molar-refractivity contribution >= 4 is 28.3 Å². The van der Waals surface area contributed by atoms with Crippen LogP contribution in [0.3, 0.4) is 0 Å². The quantitative estimate of drug-likeness (QED) is 0.481. The number of halogens is 1. The van der Waals surface area contributed by atoms with Crippen LogP contribution in [-0.4, -0.2) is 16.8 Å². The lowest BCUT2D eigenvalue weighted by molar-refractivity contribution is 0.0970. The zero-order valence-corrected chi connectivity index (χ0v) is 16.8. The van der Waals surface area contributed by atoms with E-state index in [4.69, 9.17) is 4.42 Å². The average molecular weight is 429 g/mol. The molecule has 5 rings (SSSR count). The Kier molecular flexibility index (Phi) is 4.41. The lowest BCUT2D eigenvalue weighted by Crippen LogP contribution is -2.29. The number of phenolic OH excluding ortho intramolecular Hbond substituents is 1. The molecule has 1 aromatic heterocycles. The molecule has 32 heavy (non-hydrogen) atoms. The van der Waals surface area contributed by atoms with Gasteiger partial charge < -0.3 is 9.52 Å². The van der Waals surface area contributed by atoms with Crippen LogP contribution >= 0.6 is 0 Å². The SMILES string of the molecule is CC(=O)c1ccc(N2C(=O)c3oc4ccc(F)cc4c(=O)c3C2c2ccc(O)cc2)cc1. The van der Waals surface area contributed by atoms with Crippen LogP contribution in [0.1, 0.15) is 45.0 Å². The summed E-state index contributed by atoms with van der Waals surface area (Å²) in [5.74, 6) is -1.33. The summed E-state index contributed by atoms with van der Waals surface area (Å²) in [5.41, 5.74) is 1.20. The molecule has 1 amide bonds. The third kappa shape index (κ3) is 2.98. The van der Waals surface area contributed by atoms with Crippen LogP contribution in [0.5, 0.6) is 5.75 Å². The molecule has 1 atom stereocenters. The van der Waals surface area contributed by atoms with Gasteiger partial charge in [0.05, 0.1) is 17.0 Å². The lowest BCUT2D eigenvalue weighted by atomic mass is 9.98. The maximum atomic E-state index is 13.8. The number of anilines is 1. The van der Waals surface area contributed by atoms with Gasteiger partial charge in [0, 0.05) is 11.3 Å². The first-order chi connectivity index (χ1) is 15.3. The first-order valence-corrected chi connectivity index (χ1v) is 9.85. The fourth-order valence-electron chi connectivity index (χ4n) is 4.04. The predicted molar refractivity (Wildman–Crippen MR) is 116 cm³/mol. The van der Waals surface area contributed by atoms with Crippen molar-refractivity contribution in [2.75, 3.05) is 4.90 Å². The molecule has 3 aromatic carbocycles. The molecule has 0 spiro atoms. The number of fused-ring (bicyclic) bond motifs is 2. The van der Waals surface area contributed by atoms with E-state index in [2.05, 4.69) is 0 Å². The molecule has 6 nitrogen and oxygen atoms in total. The zero-order valence-electron chi connectivity index (χ0n) is 16.8. The van der Waals surface area contributed by atoms with E-state index in [0.717, 1.165) is 12.1 Å². The highest BCUT2D eigenvalue weighted by Crippen LogP contribution is 2.41. The van der Waals surface area contributed by atoms with E-state index >= 15 is 0 Å². The van der Waals surface area contributed by atoms with Crippen molar-refractivity contribution in [3.8, 4) is 5.75 Å². The molecule has 1 aliphatic rings. The number of amides is 1. The summed E-state index contributed by atoms with van der Waals surface area (Å²) in [7, 11) is 0. The van der Waals surface area contributed by atoms with Crippen LogP contribution in [0.15, 0.2) is 75.9 Å². The van der Waals surface area contributed by atoms with Crippen molar-refractivity contribution in [3.05, 3.63) is 105 Å². The molecular weight excluding hydrogens is 413 g/mol. The van der Waals surface area contributed by atoms with Gasteiger partial charge in [0.1, 0.15) is 17.1 Å². The first-order valence-electron chi connectivity index (χ1n) is 9.85. The molecular formula is C25H16FNO5. The second-order valence-corrected chi connectivity index (χ2v) is 7.59. The Bertz CT molecular complexity index is 1460. The Morgan fingerprint density at radius 1 is 1.00 bits per heavy atom. The summed E-state index contributed by atoms with van der Waals surface area (Å²) in [6.07, 6.45) is 0. The number of carbonyl (C=O) groups excluding carboxylic acids is 2. The monoisotopic (exact) mass is 429 g/mol. The Morgan fingerprint density at radius 3 is 2.34 bits per heavy atom. The second kappa shape index (κ2) is 7.16. The molecule has 4 aromatic rings. The van der Waals surface area contributed by atoms with Crippen LogP contribution in [0.2, 0.25) is 0 Å². The van der Waals surface area contributed by atoms with Gasteiger partial charge in [-0.2, -0.15) is 0 Å². The van der Waals surface area contributed by atoms with E-state index in [1.807, 2.05) is 0 Å². The fourth-order valence-corrected chi connectivity index (χ4v) is 4.04. The zero-order chi connectivity index (χ0) is 22.6. The van der Waals surface area contributed by atoms with Crippen LogP contribution in [0, 0.1) is 5.82 Å². The van der Waals surface area contributed by atoms with Gasteiger partial charge in [-0.1, -0.05) is 12.1 Å². The topological polar surface area (TPSA) is 87.8 Å². The molecule has 158 valence electrons. The highest BCUT2D eigenvalue weighted by molar-refractivity contribution is 6.10. The summed E-state index contributed by atoms with van der Waals surface area (Å²) in [4.78, 5) is 39.9. The molecule has 0 aliphatic carbocycles. The first kappa shape index (κ1) is 19.7. The van der Waals surface area contributed by atoms with Gasteiger partial charge in [-0.15, -0.1) is 0 Å². The van der Waals surface area contributed by atoms with Crippen LogP contribution in [0.4, 0.5) is 10.1 Å². The second-order valence-electron chi connectivity index (χ2n) is 7.59. The van der Waals surface area contributed by atoms with Gasteiger partial charge in [-0.25, -0.2) is 4.39 Å². The molecule has 0 saturated heterocycles. The fraction of sp³-hybridized carbons (Fsp3) is 0.0800. The third-order valence-electron chi connectivity index (χ3n) is 5.59. The van der Waals surface area contributed by atoms with Crippen molar-refractivity contribution in [2.24, 2.45) is 0 Å². The van der Waals surface area contributed by atoms with Crippen LogP contribution < -0.4 is 10.3 Å². The minimum atomic E-state index is -0.856. The lowest BCUT2D eigenvalue weighted by Gasteiger charge is -2.25. The number of carbonyl (C=O) groups is 2. The average Bonchev–Trinajstić information content (AvgIpc) is 3.07.